The van der Waals surface area contributed by atoms with Gasteiger partial charge in [-0.25, -0.2) is 0 Å². The molecule has 0 aliphatic carbocycles. The molecule has 0 saturated carbocycles. The van der Waals surface area contributed by atoms with Gasteiger partial charge in [-0.3, -0.25) is 9.69 Å². The molecule has 1 fully saturated rings. The number of rotatable bonds is 5. The van der Waals surface area contributed by atoms with E-state index in [-0.39, 0.29) is 24.4 Å². The second-order valence-corrected chi connectivity index (χ2v) is 7.28. The minimum atomic E-state index is 0. The van der Waals surface area contributed by atoms with Crippen LogP contribution in [0, 0.1) is 0 Å². The van der Waals surface area contributed by atoms with E-state index in [1.165, 1.54) is 11.1 Å². The normalized spacial score (nSPS) is 14.3. The molecule has 1 aliphatic heterocycles. The van der Waals surface area contributed by atoms with Crippen LogP contribution in [0.2, 0.25) is 0 Å². The Morgan fingerprint density at radius 2 is 1.37 bits per heavy atom. The Kier molecular flexibility index (Phi) is 7.50. The average Bonchev–Trinajstić information content (AvgIpc) is 2.81. The highest BCUT2D eigenvalue weighted by molar-refractivity contribution is 5.94. The lowest BCUT2D eigenvalue weighted by molar-refractivity contribution is 0.0597. The molecule has 0 N–H and O–H groups in total. The Balaban J connectivity index is 0.00000256. The van der Waals surface area contributed by atoms with Gasteiger partial charge in [0.25, 0.3) is 5.91 Å². The topological polar surface area (TPSA) is 32.8 Å². The summed E-state index contributed by atoms with van der Waals surface area (Å²) in [4.78, 5) is 17.4. The second kappa shape index (κ2) is 10.3. The monoisotopic (exact) mass is 422 g/mol. The zero-order chi connectivity index (χ0) is 20.1. The molecule has 4 rings (SSSR count). The summed E-state index contributed by atoms with van der Waals surface area (Å²) in [5.74, 6) is 0.780. The van der Waals surface area contributed by atoms with Gasteiger partial charge in [0, 0.05) is 31.7 Å². The molecule has 1 heterocycles. The Labute approximate surface area is 184 Å². The van der Waals surface area contributed by atoms with Crippen LogP contribution in [0.25, 0.3) is 0 Å². The highest BCUT2D eigenvalue weighted by Crippen LogP contribution is 2.29. The quantitative estimate of drug-likeness (QED) is 0.599. The number of halogens is 1. The molecular weight excluding hydrogens is 396 g/mol. The van der Waals surface area contributed by atoms with Crippen molar-refractivity contribution in [3.63, 3.8) is 0 Å². The van der Waals surface area contributed by atoms with Gasteiger partial charge >= 0.3 is 0 Å². The fourth-order valence-electron chi connectivity index (χ4n) is 4.01. The first kappa shape index (κ1) is 21.9. The molecule has 156 valence electrons. The number of piperazine rings is 1. The standard InChI is InChI=1S/C25H26N2O2.ClH/c1-29-23-14-8-13-22(19-23)25(28)27-17-15-26(16-18-27)24(20-9-4-2-5-10-20)21-11-6-3-7-12-21;/h2-14,19,24H,15-18H2,1H3;1H. The number of benzene rings is 3. The lowest BCUT2D eigenvalue weighted by Gasteiger charge is -2.39. The number of hydrogen-bond donors (Lipinski definition) is 0. The van der Waals surface area contributed by atoms with Crippen molar-refractivity contribution in [3.8, 4) is 5.75 Å². The fourth-order valence-corrected chi connectivity index (χ4v) is 4.01. The minimum Gasteiger partial charge on any atom is -0.497 e. The van der Waals surface area contributed by atoms with Crippen molar-refractivity contribution in [3.05, 3.63) is 102 Å². The van der Waals surface area contributed by atoms with Crippen LogP contribution in [-0.2, 0) is 0 Å². The molecule has 0 radical (unpaired) electrons. The Morgan fingerprint density at radius 3 is 1.90 bits per heavy atom. The van der Waals surface area contributed by atoms with Gasteiger partial charge < -0.3 is 9.64 Å². The Bertz CT molecular complexity index is 902. The summed E-state index contributed by atoms with van der Waals surface area (Å²) in [6.07, 6.45) is 0. The van der Waals surface area contributed by atoms with Crippen LogP contribution in [0.3, 0.4) is 0 Å². The maximum absolute atomic E-state index is 12.9. The van der Waals surface area contributed by atoms with Crippen LogP contribution in [0.1, 0.15) is 27.5 Å². The number of nitrogens with zero attached hydrogens (tertiary/aromatic N) is 2. The Hall–Kier alpha value is -2.82. The van der Waals surface area contributed by atoms with Gasteiger partial charge in [-0.05, 0) is 29.3 Å². The summed E-state index contributed by atoms with van der Waals surface area (Å²) in [5.41, 5.74) is 3.25. The van der Waals surface area contributed by atoms with Crippen LogP contribution in [0.5, 0.6) is 5.75 Å². The van der Waals surface area contributed by atoms with E-state index < -0.39 is 0 Å². The first-order valence-corrected chi connectivity index (χ1v) is 10.0. The van der Waals surface area contributed by atoms with Crippen molar-refractivity contribution >= 4 is 18.3 Å². The van der Waals surface area contributed by atoms with Crippen molar-refractivity contribution in [1.82, 2.24) is 9.80 Å². The van der Waals surface area contributed by atoms with E-state index in [4.69, 9.17) is 4.74 Å². The summed E-state index contributed by atoms with van der Waals surface area (Å²) in [5, 5.41) is 0. The molecular formula is C25H27ClN2O2. The molecule has 1 amide bonds. The molecule has 0 atom stereocenters. The van der Waals surface area contributed by atoms with E-state index in [2.05, 4.69) is 65.6 Å². The molecule has 0 unspecified atom stereocenters. The van der Waals surface area contributed by atoms with Crippen LogP contribution in [0.15, 0.2) is 84.9 Å². The van der Waals surface area contributed by atoms with E-state index in [1.807, 2.05) is 29.2 Å². The zero-order valence-electron chi connectivity index (χ0n) is 17.1. The van der Waals surface area contributed by atoms with Crippen molar-refractivity contribution in [2.24, 2.45) is 0 Å². The number of hydrogen-bond acceptors (Lipinski definition) is 3. The maximum Gasteiger partial charge on any atom is 0.254 e. The van der Waals surface area contributed by atoms with Gasteiger partial charge in [-0.15, -0.1) is 12.4 Å². The third-order valence-corrected chi connectivity index (χ3v) is 5.51. The summed E-state index contributed by atoms with van der Waals surface area (Å²) in [6, 6.07) is 28.8. The van der Waals surface area contributed by atoms with Gasteiger partial charge in [0.1, 0.15) is 5.75 Å². The van der Waals surface area contributed by atoms with Gasteiger partial charge in [-0.1, -0.05) is 66.7 Å². The summed E-state index contributed by atoms with van der Waals surface area (Å²) in [7, 11) is 1.62. The van der Waals surface area contributed by atoms with E-state index in [1.54, 1.807) is 7.11 Å². The molecule has 5 heteroatoms. The molecule has 0 spiro atoms. The van der Waals surface area contributed by atoms with Crippen molar-refractivity contribution in [2.75, 3.05) is 33.3 Å². The first-order chi connectivity index (χ1) is 14.3. The van der Waals surface area contributed by atoms with Crippen LogP contribution >= 0.6 is 12.4 Å². The summed E-state index contributed by atoms with van der Waals surface area (Å²) < 4.78 is 5.26. The van der Waals surface area contributed by atoms with Gasteiger partial charge in [0.15, 0.2) is 0 Å². The number of amides is 1. The van der Waals surface area contributed by atoms with E-state index in [0.717, 1.165) is 13.1 Å². The van der Waals surface area contributed by atoms with Gasteiger partial charge in [-0.2, -0.15) is 0 Å². The maximum atomic E-state index is 12.9. The number of ether oxygens (including phenoxy) is 1. The summed E-state index contributed by atoms with van der Waals surface area (Å²) in [6.45, 7) is 3.10. The first-order valence-electron chi connectivity index (χ1n) is 10.0. The predicted octanol–water partition coefficient (Wildman–Crippen LogP) is 4.66. The van der Waals surface area contributed by atoms with Crippen molar-refractivity contribution in [1.29, 1.82) is 0 Å². The highest BCUT2D eigenvalue weighted by atomic mass is 35.5. The zero-order valence-corrected chi connectivity index (χ0v) is 17.9. The average molecular weight is 423 g/mol. The number of methoxy groups -OCH3 is 1. The summed E-state index contributed by atoms with van der Waals surface area (Å²) >= 11 is 0. The molecule has 1 saturated heterocycles. The Morgan fingerprint density at radius 1 is 0.800 bits per heavy atom. The third-order valence-electron chi connectivity index (χ3n) is 5.51. The SMILES string of the molecule is COc1cccc(C(=O)N2CCN(C(c3ccccc3)c3ccccc3)CC2)c1.Cl. The molecule has 4 nitrogen and oxygen atoms in total. The van der Waals surface area contributed by atoms with Gasteiger partial charge in [0.2, 0.25) is 0 Å². The predicted molar refractivity (Wildman–Crippen MR) is 122 cm³/mol. The van der Waals surface area contributed by atoms with Gasteiger partial charge in [0.05, 0.1) is 13.2 Å². The lowest BCUT2D eigenvalue weighted by atomic mass is 9.96. The number of carbonyl (C=O) groups is 1. The number of carbonyl (C=O) groups excluding carboxylic acids is 1. The molecule has 0 aromatic heterocycles. The molecule has 1 aliphatic rings. The van der Waals surface area contributed by atoms with E-state index in [9.17, 15) is 4.79 Å². The van der Waals surface area contributed by atoms with Crippen LogP contribution in [-0.4, -0.2) is 49.0 Å². The van der Waals surface area contributed by atoms with E-state index in [0.29, 0.717) is 24.4 Å². The fraction of sp³-hybridized carbons (Fsp3) is 0.240. The second-order valence-electron chi connectivity index (χ2n) is 7.28. The molecule has 30 heavy (non-hydrogen) atoms. The van der Waals surface area contributed by atoms with Crippen molar-refractivity contribution in [2.45, 2.75) is 6.04 Å². The highest BCUT2D eigenvalue weighted by Gasteiger charge is 2.28. The smallest absolute Gasteiger partial charge is 0.254 e. The van der Waals surface area contributed by atoms with Crippen LogP contribution < -0.4 is 4.74 Å². The van der Waals surface area contributed by atoms with Crippen molar-refractivity contribution < 1.29 is 9.53 Å². The lowest BCUT2D eigenvalue weighted by Crippen LogP contribution is -2.49. The minimum absolute atomic E-state index is 0. The molecule has 3 aromatic carbocycles. The third kappa shape index (κ3) is 4.84. The van der Waals surface area contributed by atoms with Crippen LogP contribution in [0.4, 0.5) is 0 Å². The van der Waals surface area contributed by atoms with E-state index >= 15 is 0 Å². The molecule has 0 bridgehead atoms. The largest absolute Gasteiger partial charge is 0.497 e. The molecule has 3 aromatic rings.